The number of methoxy groups -OCH3 is 1. The minimum Gasteiger partial charge on any atom is -0.508 e. The largest absolute Gasteiger partial charge is 0.508 e. The van der Waals surface area contributed by atoms with Crippen molar-refractivity contribution < 1.29 is 27.8 Å². The highest BCUT2D eigenvalue weighted by atomic mass is 32.2. The van der Waals surface area contributed by atoms with Gasteiger partial charge < -0.3 is 19.5 Å². The molecule has 1 aliphatic heterocycles. The fourth-order valence-electron chi connectivity index (χ4n) is 4.06. The van der Waals surface area contributed by atoms with Gasteiger partial charge in [-0.3, -0.25) is 4.79 Å². The summed E-state index contributed by atoms with van der Waals surface area (Å²) in [5, 5.41) is 8.74. The highest BCUT2D eigenvalue weighted by molar-refractivity contribution is 7.90. The lowest BCUT2D eigenvalue weighted by Gasteiger charge is -2.20. The number of rotatable bonds is 9. The van der Waals surface area contributed by atoms with Crippen LogP contribution in [0.15, 0.2) is 42.5 Å². The standard InChI is InChI=1S/C17H24N2O5S.C9H10O/c1-18(25(21,22)14-6-7-14)10-11-24-15-8-5-13(12-16(15)23-2)19-9-3-4-17(19)20;10-9-5-3-8(4-6-9)7-1-2-7/h5,8,12,14H,3-4,6-7,9-11H2,1-2H3;3-7,10H,1-2H2. The van der Waals surface area contributed by atoms with Gasteiger partial charge in [-0.2, -0.15) is 0 Å². The van der Waals surface area contributed by atoms with E-state index in [2.05, 4.69) is 0 Å². The first-order valence-electron chi connectivity index (χ1n) is 12.1. The summed E-state index contributed by atoms with van der Waals surface area (Å²) < 4.78 is 36.6. The zero-order valence-electron chi connectivity index (χ0n) is 20.4. The Morgan fingerprint density at radius 2 is 1.77 bits per heavy atom. The monoisotopic (exact) mass is 502 g/mol. The van der Waals surface area contributed by atoms with Crippen LogP contribution >= 0.6 is 0 Å². The summed E-state index contributed by atoms with van der Waals surface area (Å²) in [5.41, 5.74) is 2.16. The van der Waals surface area contributed by atoms with Gasteiger partial charge in [-0.05, 0) is 67.9 Å². The number of benzene rings is 2. The van der Waals surface area contributed by atoms with Crippen molar-refractivity contribution in [1.29, 1.82) is 0 Å². The van der Waals surface area contributed by atoms with E-state index in [4.69, 9.17) is 14.6 Å². The average Bonchev–Trinajstić information content (AvgIpc) is 3.77. The lowest BCUT2D eigenvalue weighted by atomic mass is 10.1. The van der Waals surface area contributed by atoms with Gasteiger partial charge in [-0.25, -0.2) is 12.7 Å². The molecular weight excluding hydrogens is 468 g/mol. The summed E-state index contributed by atoms with van der Waals surface area (Å²) in [7, 11) is -0.0591. The average molecular weight is 503 g/mol. The van der Waals surface area contributed by atoms with Crippen LogP contribution in [0.4, 0.5) is 5.69 Å². The van der Waals surface area contributed by atoms with E-state index in [0.717, 1.165) is 30.9 Å². The topological polar surface area (TPSA) is 96.4 Å². The molecule has 2 aromatic carbocycles. The summed E-state index contributed by atoms with van der Waals surface area (Å²) in [4.78, 5) is 13.6. The SMILES string of the molecule is COc1cc(N2CCCC2=O)ccc1OCCN(C)S(=O)(=O)C1CC1.Oc1ccc(C2CC2)cc1. The summed E-state index contributed by atoms with van der Waals surface area (Å²) >= 11 is 0. The fourth-order valence-corrected chi connectivity index (χ4v) is 5.63. The molecule has 0 bridgehead atoms. The molecule has 0 radical (unpaired) electrons. The molecule has 1 N–H and O–H groups in total. The maximum atomic E-state index is 12.1. The maximum Gasteiger partial charge on any atom is 0.227 e. The molecule has 2 saturated carbocycles. The number of amides is 1. The van der Waals surface area contributed by atoms with E-state index in [9.17, 15) is 13.2 Å². The molecule has 1 amide bonds. The first-order valence-corrected chi connectivity index (χ1v) is 13.6. The molecule has 0 spiro atoms. The molecule has 2 aliphatic carbocycles. The van der Waals surface area contributed by atoms with Gasteiger partial charge in [0.05, 0.1) is 12.4 Å². The number of sulfonamides is 1. The number of nitrogens with zero attached hydrogens (tertiary/aromatic N) is 2. The highest BCUT2D eigenvalue weighted by Gasteiger charge is 2.38. The minimum atomic E-state index is -3.18. The van der Waals surface area contributed by atoms with Gasteiger partial charge in [0.1, 0.15) is 12.4 Å². The second-order valence-electron chi connectivity index (χ2n) is 9.26. The molecule has 2 aromatic rings. The second kappa shape index (κ2) is 10.9. The number of hydrogen-bond donors (Lipinski definition) is 1. The van der Waals surface area contributed by atoms with Crippen molar-refractivity contribution in [2.75, 3.05) is 38.8 Å². The van der Waals surface area contributed by atoms with Crippen molar-refractivity contribution in [1.82, 2.24) is 4.31 Å². The maximum absolute atomic E-state index is 12.1. The van der Waals surface area contributed by atoms with Crippen molar-refractivity contribution in [3.05, 3.63) is 48.0 Å². The van der Waals surface area contributed by atoms with Crippen LogP contribution in [0.5, 0.6) is 17.2 Å². The first kappa shape index (κ1) is 25.3. The molecule has 1 heterocycles. The number of likely N-dealkylation sites (N-methyl/N-ethyl adjacent to an activating group) is 1. The van der Waals surface area contributed by atoms with Crippen LogP contribution in [-0.2, 0) is 14.8 Å². The summed E-state index contributed by atoms with van der Waals surface area (Å²) in [6.45, 7) is 1.24. The Labute approximate surface area is 207 Å². The molecule has 190 valence electrons. The Hall–Kier alpha value is -2.78. The van der Waals surface area contributed by atoms with Crippen molar-refractivity contribution in [2.24, 2.45) is 0 Å². The van der Waals surface area contributed by atoms with Gasteiger partial charge in [0.25, 0.3) is 0 Å². The van der Waals surface area contributed by atoms with Crippen LogP contribution in [0, 0.1) is 0 Å². The van der Waals surface area contributed by atoms with Crippen LogP contribution in [0.3, 0.4) is 0 Å². The predicted octanol–water partition coefficient (Wildman–Crippen LogP) is 3.89. The quantitative estimate of drug-likeness (QED) is 0.559. The van der Waals surface area contributed by atoms with E-state index in [1.807, 2.05) is 18.2 Å². The zero-order chi connectivity index (χ0) is 25.0. The predicted molar refractivity (Wildman–Crippen MR) is 135 cm³/mol. The Kier molecular flexibility index (Phi) is 7.86. The molecule has 0 unspecified atom stereocenters. The number of carbonyl (C=O) groups excluding carboxylic acids is 1. The number of phenols is 1. The van der Waals surface area contributed by atoms with Crippen molar-refractivity contribution >= 4 is 21.6 Å². The van der Waals surface area contributed by atoms with Gasteiger partial charge in [0, 0.05) is 38.3 Å². The minimum absolute atomic E-state index is 0.114. The molecular formula is C26H34N2O6S. The smallest absolute Gasteiger partial charge is 0.227 e. The Morgan fingerprint density at radius 1 is 1.06 bits per heavy atom. The Bertz CT molecular complexity index is 1130. The number of aromatic hydroxyl groups is 1. The van der Waals surface area contributed by atoms with E-state index in [-0.39, 0.29) is 24.3 Å². The summed E-state index contributed by atoms with van der Waals surface area (Å²) in [6, 6.07) is 12.9. The van der Waals surface area contributed by atoms with E-state index < -0.39 is 10.0 Å². The molecule has 0 aromatic heterocycles. The highest BCUT2D eigenvalue weighted by Crippen LogP contribution is 2.40. The van der Waals surface area contributed by atoms with Gasteiger partial charge in [-0.1, -0.05) is 12.1 Å². The van der Waals surface area contributed by atoms with Crippen LogP contribution in [0.2, 0.25) is 0 Å². The lowest BCUT2D eigenvalue weighted by molar-refractivity contribution is -0.117. The van der Waals surface area contributed by atoms with Gasteiger partial charge in [0.15, 0.2) is 11.5 Å². The van der Waals surface area contributed by atoms with Crippen molar-refractivity contribution in [2.45, 2.75) is 49.7 Å². The number of ether oxygens (including phenoxy) is 2. The molecule has 8 nitrogen and oxygen atoms in total. The molecule has 1 saturated heterocycles. The zero-order valence-corrected chi connectivity index (χ0v) is 21.2. The third-order valence-electron chi connectivity index (χ3n) is 6.52. The molecule has 3 aliphatic rings. The van der Waals surface area contributed by atoms with E-state index in [1.165, 1.54) is 22.7 Å². The molecule has 5 rings (SSSR count). The second-order valence-corrected chi connectivity index (χ2v) is 11.6. The van der Waals surface area contributed by atoms with Crippen molar-refractivity contribution in [3.8, 4) is 17.2 Å². The van der Waals surface area contributed by atoms with E-state index in [0.29, 0.717) is 30.2 Å². The first-order chi connectivity index (χ1) is 16.8. The summed E-state index contributed by atoms with van der Waals surface area (Å²) in [5.74, 6) is 2.34. The van der Waals surface area contributed by atoms with E-state index in [1.54, 1.807) is 43.3 Å². The molecule has 3 fully saturated rings. The Balaban J connectivity index is 0.000000239. The lowest BCUT2D eigenvalue weighted by Crippen LogP contribution is -2.33. The third-order valence-corrected chi connectivity index (χ3v) is 8.88. The fraction of sp³-hybridized carbons (Fsp3) is 0.500. The van der Waals surface area contributed by atoms with Crippen molar-refractivity contribution in [3.63, 3.8) is 0 Å². The molecule has 0 atom stereocenters. The third kappa shape index (κ3) is 6.46. The van der Waals surface area contributed by atoms with Crippen LogP contribution in [0.25, 0.3) is 0 Å². The number of anilines is 1. The van der Waals surface area contributed by atoms with Crippen LogP contribution in [-0.4, -0.2) is 62.8 Å². The van der Waals surface area contributed by atoms with Crippen LogP contribution < -0.4 is 14.4 Å². The number of hydrogen-bond acceptors (Lipinski definition) is 6. The molecule has 9 heteroatoms. The Morgan fingerprint density at radius 3 is 2.34 bits per heavy atom. The number of phenolic OH excluding ortho intramolecular Hbond substituents is 1. The van der Waals surface area contributed by atoms with Crippen LogP contribution in [0.1, 0.15) is 50.0 Å². The number of carbonyl (C=O) groups is 1. The van der Waals surface area contributed by atoms with Gasteiger partial charge in [-0.15, -0.1) is 0 Å². The van der Waals surface area contributed by atoms with Gasteiger partial charge >= 0.3 is 0 Å². The van der Waals surface area contributed by atoms with E-state index >= 15 is 0 Å². The molecule has 35 heavy (non-hydrogen) atoms. The van der Waals surface area contributed by atoms with Gasteiger partial charge in [0.2, 0.25) is 15.9 Å². The summed E-state index contributed by atoms with van der Waals surface area (Å²) in [6.07, 6.45) is 5.58. The normalized spacial score (nSPS) is 17.8.